The van der Waals surface area contributed by atoms with Crippen LogP contribution < -0.4 is 9.64 Å². The Balaban J connectivity index is 1.58. The molecule has 2 heterocycles. The van der Waals surface area contributed by atoms with Crippen molar-refractivity contribution in [1.82, 2.24) is 0 Å². The summed E-state index contributed by atoms with van der Waals surface area (Å²) in [4.78, 5) is 26.5. The zero-order valence-electron chi connectivity index (χ0n) is 15.0. The third-order valence-electron chi connectivity index (χ3n) is 4.23. The van der Waals surface area contributed by atoms with Crippen molar-refractivity contribution >= 4 is 57.9 Å². The number of anilines is 1. The van der Waals surface area contributed by atoms with Crippen molar-refractivity contribution < 1.29 is 18.7 Å². The van der Waals surface area contributed by atoms with Gasteiger partial charge in [0, 0.05) is 11.6 Å². The van der Waals surface area contributed by atoms with E-state index in [9.17, 15) is 9.59 Å². The summed E-state index contributed by atoms with van der Waals surface area (Å²) in [6, 6.07) is 15.4. The van der Waals surface area contributed by atoms with Crippen LogP contribution in [0.15, 0.2) is 63.9 Å². The number of ether oxygens (including phenoxy) is 1. The molecule has 1 aliphatic heterocycles. The van der Waals surface area contributed by atoms with Gasteiger partial charge in [0.2, 0.25) is 0 Å². The molecule has 0 spiro atoms. The Labute approximate surface area is 180 Å². The molecule has 0 radical (unpaired) electrons. The predicted molar refractivity (Wildman–Crippen MR) is 116 cm³/mol. The maximum absolute atomic E-state index is 12.7. The van der Waals surface area contributed by atoms with Crippen molar-refractivity contribution in [3.05, 3.63) is 75.3 Å². The largest absolute Gasteiger partial charge is 0.497 e. The van der Waals surface area contributed by atoms with Gasteiger partial charge in [0.05, 0.1) is 27.7 Å². The van der Waals surface area contributed by atoms with Crippen molar-refractivity contribution in [1.29, 1.82) is 0 Å². The molecule has 5 nitrogen and oxygen atoms in total. The Morgan fingerprint density at radius 3 is 2.45 bits per heavy atom. The van der Waals surface area contributed by atoms with Crippen LogP contribution in [0.5, 0.6) is 5.75 Å². The Morgan fingerprint density at radius 2 is 1.76 bits per heavy atom. The van der Waals surface area contributed by atoms with Gasteiger partial charge in [-0.1, -0.05) is 23.2 Å². The van der Waals surface area contributed by atoms with E-state index in [0.29, 0.717) is 33.0 Å². The number of hydrogen-bond acceptors (Lipinski definition) is 5. The van der Waals surface area contributed by atoms with Crippen LogP contribution in [0.3, 0.4) is 0 Å². The van der Waals surface area contributed by atoms with Crippen LogP contribution in [0.4, 0.5) is 10.5 Å². The molecular formula is C21H13Cl2NO4S. The first-order valence-corrected chi connectivity index (χ1v) is 10.0. The standard InChI is InChI=1S/C21H13Cl2NO4S/c1-27-14-5-3-13(4-6-14)24-20(25)19(29-21(24)26)11-15-7-9-18(28-15)12-2-8-16(22)17(23)10-12/h2-11H,1H3/b19-11+. The van der Waals surface area contributed by atoms with Crippen molar-refractivity contribution in [3.63, 3.8) is 0 Å². The van der Waals surface area contributed by atoms with E-state index in [-0.39, 0.29) is 10.1 Å². The molecule has 1 fully saturated rings. The van der Waals surface area contributed by atoms with E-state index in [1.807, 2.05) is 0 Å². The summed E-state index contributed by atoms with van der Waals surface area (Å²) in [5.41, 5.74) is 1.23. The number of nitrogens with zero attached hydrogens (tertiary/aromatic N) is 1. The van der Waals surface area contributed by atoms with Crippen LogP contribution >= 0.6 is 35.0 Å². The van der Waals surface area contributed by atoms with Crippen LogP contribution in [0.2, 0.25) is 10.0 Å². The highest BCUT2D eigenvalue weighted by Crippen LogP contribution is 2.37. The van der Waals surface area contributed by atoms with Crippen molar-refractivity contribution in [2.24, 2.45) is 0 Å². The second-order valence-electron chi connectivity index (χ2n) is 6.05. The molecule has 0 saturated carbocycles. The lowest BCUT2D eigenvalue weighted by Gasteiger charge is -2.12. The number of benzene rings is 2. The zero-order valence-corrected chi connectivity index (χ0v) is 17.3. The van der Waals surface area contributed by atoms with E-state index < -0.39 is 5.91 Å². The third-order valence-corrected chi connectivity index (χ3v) is 5.84. The number of methoxy groups -OCH3 is 1. The number of furan rings is 1. The van der Waals surface area contributed by atoms with E-state index in [1.165, 1.54) is 0 Å². The molecule has 4 rings (SSSR count). The highest BCUT2D eigenvalue weighted by molar-refractivity contribution is 8.19. The summed E-state index contributed by atoms with van der Waals surface area (Å²) in [5, 5.41) is 0.500. The van der Waals surface area contributed by atoms with Crippen molar-refractivity contribution in [3.8, 4) is 17.1 Å². The van der Waals surface area contributed by atoms with Gasteiger partial charge in [0.25, 0.3) is 11.1 Å². The number of carbonyl (C=O) groups excluding carboxylic acids is 2. The van der Waals surface area contributed by atoms with Gasteiger partial charge in [-0.05, 0) is 66.4 Å². The Hall–Kier alpha value is -2.67. The van der Waals surface area contributed by atoms with E-state index in [4.69, 9.17) is 32.4 Å². The van der Waals surface area contributed by atoms with Gasteiger partial charge in [-0.15, -0.1) is 0 Å². The number of halogens is 2. The molecule has 0 N–H and O–H groups in total. The fraction of sp³-hybridized carbons (Fsp3) is 0.0476. The Morgan fingerprint density at radius 1 is 1.00 bits per heavy atom. The number of imide groups is 1. The van der Waals surface area contributed by atoms with E-state index in [2.05, 4.69) is 0 Å². The molecule has 2 aromatic carbocycles. The summed E-state index contributed by atoms with van der Waals surface area (Å²) in [6.07, 6.45) is 1.55. The maximum atomic E-state index is 12.7. The first-order chi connectivity index (χ1) is 14.0. The molecule has 2 amide bonds. The summed E-state index contributed by atoms with van der Waals surface area (Å²) in [6.45, 7) is 0. The lowest BCUT2D eigenvalue weighted by Crippen LogP contribution is -2.27. The fourth-order valence-corrected chi connectivity index (χ4v) is 3.91. The zero-order chi connectivity index (χ0) is 20.5. The lowest BCUT2D eigenvalue weighted by atomic mass is 10.2. The maximum Gasteiger partial charge on any atom is 0.298 e. The van der Waals surface area contributed by atoms with Gasteiger partial charge in [0.15, 0.2) is 0 Å². The summed E-state index contributed by atoms with van der Waals surface area (Å²) >= 11 is 12.9. The first-order valence-electron chi connectivity index (χ1n) is 8.43. The summed E-state index contributed by atoms with van der Waals surface area (Å²) in [7, 11) is 1.55. The highest BCUT2D eigenvalue weighted by Gasteiger charge is 2.36. The monoisotopic (exact) mass is 445 g/mol. The predicted octanol–water partition coefficient (Wildman–Crippen LogP) is 6.50. The molecule has 0 bridgehead atoms. The molecule has 1 aromatic heterocycles. The molecule has 0 atom stereocenters. The van der Waals surface area contributed by atoms with Gasteiger partial charge >= 0.3 is 0 Å². The quantitative estimate of drug-likeness (QED) is 0.428. The number of thioether (sulfide) groups is 1. The van der Waals surface area contributed by atoms with Gasteiger partial charge < -0.3 is 9.15 Å². The van der Waals surface area contributed by atoms with Crippen LogP contribution in [-0.4, -0.2) is 18.3 Å². The lowest BCUT2D eigenvalue weighted by molar-refractivity contribution is -0.113. The Kier molecular flexibility index (Phi) is 5.41. The van der Waals surface area contributed by atoms with Gasteiger partial charge in [-0.25, -0.2) is 4.90 Å². The van der Waals surface area contributed by atoms with Gasteiger partial charge in [-0.2, -0.15) is 0 Å². The normalized spacial score (nSPS) is 15.4. The molecule has 1 saturated heterocycles. The number of hydrogen-bond donors (Lipinski definition) is 0. The topological polar surface area (TPSA) is 59.8 Å². The molecule has 29 heavy (non-hydrogen) atoms. The first kappa shape index (κ1) is 19.6. The second-order valence-corrected chi connectivity index (χ2v) is 7.85. The highest BCUT2D eigenvalue weighted by atomic mass is 35.5. The summed E-state index contributed by atoms with van der Waals surface area (Å²) in [5.74, 6) is 1.26. The van der Waals surface area contributed by atoms with Crippen molar-refractivity contribution in [2.45, 2.75) is 0 Å². The van der Waals surface area contributed by atoms with E-state index in [0.717, 1.165) is 22.2 Å². The third kappa shape index (κ3) is 3.92. The number of amides is 2. The minimum absolute atomic E-state index is 0.279. The van der Waals surface area contributed by atoms with Crippen LogP contribution in [0.1, 0.15) is 5.76 Å². The fourth-order valence-electron chi connectivity index (χ4n) is 2.79. The molecule has 146 valence electrons. The second kappa shape index (κ2) is 7.99. The van der Waals surface area contributed by atoms with Crippen molar-refractivity contribution in [2.75, 3.05) is 12.0 Å². The number of rotatable bonds is 4. The minimum atomic E-state index is -0.405. The molecule has 0 unspecified atom stereocenters. The van der Waals surface area contributed by atoms with Crippen LogP contribution in [0.25, 0.3) is 17.4 Å². The smallest absolute Gasteiger partial charge is 0.298 e. The molecule has 1 aliphatic rings. The average molecular weight is 446 g/mol. The van der Waals surface area contributed by atoms with E-state index >= 15 is 0 Å². The Bertz CT molecular complexity index is 1140. The van der Waals surface area contributed by atoms with Gasteiger partial charge in [-0.3, -0.25) is 9.59 Å². The SMILES string of the molecule is COc1ccc(N2C(=O)S/C(=C/c3ccc(-c4ccc(Cl)c(Cl)c4)o3)C2=O)cc1. The molecule has 0 aliphatic carbocycles. The van der Waals surface area contributed by atoms with Crippen LogP contribution in [-0.2, 0) is 4.79 Å². The van der Waals surface area contributed by atoms with Gasteiger partial charge in [0.1, 0.15) is 17.3 Å². The molecule has 3 aromatic rings. The van der Waals surface area contributed by atoms with Crippen LogP contribution in [0, 0.1) is 0 Å². The molecule has 8 heteroatoms. The average Bonchev–Trinajstić information content (AvgIpc) is 3.29. The van der Waals surface area contributed by atoms with E-state index in [1.54, 1.807) is 67.8 Å². The number of carbonyl (C=O) groups is 2. The minimum Gasteiger partial charge on any atom is -0.497 e. The molecular weight excluding hydrogens is 433 g/mol. The summed E-state index contributed by atoms with van der Waals surface area (Å²) < 4.78 is 10.9.